The summed E-state index contributed by atoms with van der Waals surface area (Å²) >= 11 is 1.37. The van der Waals surface area contributed by atoms with Crippen LogP contribution in [0.1, 0.15) is 59.1 Å². The smallest absolute Gasteiger partial charge is 0.200 e. The van der Waals surface area contributed by atoms with Gasteiger partial charge in [0.25, 0.3) is 0 Å². The molecule has 7 heteroatoms. The molecule has 0 bridgehead atoms. The molecular formula is C23H22FNO4S. The number of aromatic nitrogens is 1. The van der Waals surface area contributed by atoms with Crippen molar-refractivity contribution in [3.8, 4) is 16.2 Å². The Morgan fingerprint density at radius 1 is 1.30 bits per heavy atom. The van der Waals surface area contributed by atoms with E-state index in [1.165, 1.54) is 18.3 Å². The number of ketones is 1. The first-order valence-electron chi connectivity index (χ1n) is 10.1. The minimum Gasteiger partial charge on any atom is -0.494 e. The summed E-state index contributed by atoms with van der Waals surface area (Å²) in [5, 5.41) is 10.7. The SMILES string of the molecule is COc1c(-c2cc3c(s2)C(O)C(F)CC3)ccc2c(=O)c(C(C)=O)cn(C3CC3)c12. The van der Waals surface area contributed by atoms with E-state index in [0.717, 1.165) is 28.8 Å². The topological polar surface area (TPSA) is 68.5 Å². The fourth-order valence-corrected chi connectivity index (χ4v) is 5.62. The van der Waals surface area contributed by atoms with Crippen LogP contribution in [0.15, 0.2) is 29.2 Å². The number of hydrogen-bond donors (Lipinski definition) is 1. The lowest BCUT2D eigenvalue weighted by molar-refractivity contribution is 0.0675. The van der Waals surface area contributed by atoms with Crippen LogP contribution in [0.5, 0.6) is 5.75 Å². The van der Waals surface area contributed by atoms with E-state index in [-0.39, 0.29) is 22.8 Å². The van der Waals surface area contributed by atoms with Crippen LogP contribution in [0.25, 0.3) is 21.3 Å². The zero-order valence-electron chi connectivity index (χ0n) is 16.8. The van der Waals surface area contributed by atoms with Crippen molar-refractivity contribution in [1.82, 2.24) is 4.57 Å². The molecule has 1 aromatic carbocycles. The summed E-state index contributed by atoms with van der Waals surface area (Å²) in [6.45, 7) is 1.41. The summed E-state index contributed by atoms with van der Waals surface area (Å²) in [6, 6.07) is 5.79. The maximum absolute atomic E-state index is 14.0. The number of rotatable bonds is 4. The van der Waals surface area contributed by atoms with Gasteiger partial charge in [-0.2, -0.15) is 0 Å². The molecule has 0 radical (unpaired) electrons. The number of thiophene rings is 1. The third-order valence-corrected chi connectivity index (χ3v) is 7.36. The van der Waals surface area contributed by atoms with Gasteiger partial charge in [-0.25, -0.2) is 4.39 Å². The molecule has 2 aliphatic carbocycles. The summed E-state index contributed by atoms with van der Waals surface area (Å²) in [5.74, 6) is 0.316. The van der Waals surface area contributed by atoms with Crippen molar-refractivity contribution < 1.29 is 19.0 Å². The minimum absolute atomic E-state index is 0.188. The Kier molecular flexibility index (Phi) is 4.56. The van der Waals surface area contributed by atoms with Crippen molar-refractivity contribution in [2.75, 3.05) is 7.11 Å². The van der Waals surface area contributed by atoms with Gasteiger partial charge in [0.15, 0.2) is 17.0 Å². The van der Waals surface area contributed by atoms with Crippen LogP contribution < -0.4 is 10.2 Å². The van der Waals surface area contributed by atoms with Gasteiger partial charge < -0.3 is 14.4 Å². The summed E-state index contributed by atoms with van der Waals surface area (Å²) in [7, 11) is 1.57. The number of pyridine rings is 1. The number of alkyl halides is 1. The van der Waals surface area contributed by atoms with Crippen LogP contribution in [0, 0.1) is 0 Å². The average Bonchev–Trinajstić information content (AvgIpc) is 3.48. The summed E-state index contributed by atoms with van der Waals surface area (Å²) in [5.41, 5.74) is 2.34. The number of halogens is 1. The van der Waals surface area contributed by atoms with Gasteiger partial charge in [-0.15, -0.1) is 11.3 Å². The number of carbonyl (C=O) groups is 1. The molecule has 0 spiro atoms. The van der Waals surface area contributed by atoms with E-state index < -0.39 is 12.3 Å². The van der Waals surface area contributed by atoms with Gasteiger partial charge in [-0.3, -0.25) is 9.59 Å². The first-order valence-corrected chi connectivity index (χ1v) is 10.9. The van der Waals surface area contributed by atoms with Crippen LogP contribution in [-0.4, -0.2) is 28.7 Å². The standard InChI is InChI=1S/C23H22FNO4S/c1-11(26)16-10-25(13-4-5-13)19-15(20(16)27)7-6-14(22(19)29-2)18-9-12-3-8-17(24)21(28)23(12)30-18/h6-7,9-10,13,17,21,28H,3-5,8H2,1-2H3. The van der Waals surface area contributed by atoms with Crippen molar-refractivity contribution in [1.29, 1.82) is 0 Å². The van der Waals surface area contributed by atoms with Gasteiger partial charge >= 0.3 is 0 Å². The van der Waals surface area contributed by atoms with Crippen LogP contribution in [-0.2, 0) is 6.42 Å². The van der Waals surface area contributed by atoms with Gasteiger partial charge in [0.1, 0.15) is 12.3 Å². The van der Waals surface area contributed by atoms with E-state index >= 15 is 0 Å². The molecule has 1 saturated carbocycles. The Hall–Kier alpha value is -2.51. The average molecular weight is 427 g/mol. The number of carbonyl (C=O) groups excluding carboxylic acids is 1. The molecule has 156 valence electrons. The first-order chi connectivity index (χ1) is 14.4. The largest absolute Gasteiger partial charge is 0.494 e. The molecule has 0 amide bonds. The molecular weight excluding hydrogens is 405 g/mol. The minimum atomic E-state index is -1.24. The van der Waals surface area contributed by atoms with Crippen molar-refractivity contribution in [3.63, 3.8) is 0 Å². The van der Waals surface area contributed by atoms with Crippen LogP contribution >= 0.6 is 11.3 Å². The molecule has 2 aliphatic rings. The maximum Gasteiger partial charge on any atom is 0.200 e. The maximum atomic E-state index is 14.0. The van der Waals surface area contributed by atoms with Crippen LogP contribution in [0.3, 0.4) is 0 Å². The summed E-state index contributed by atoms with van der Waals surface area (Å²) in [6.07, 6.45) is 2.20. The number of fused-ring (bicyclic) bond motifs is 2. The third-order valence-electron chi connectivity index (χ3n) is 6.08. The monoisotopic (exact) mass is 427 g/mol. The van der Waals surface area contributed by atoms with E-state index in [2.05, 4.69) is 0 Å². The molecule has 5 nitrogen and oxygen atoms in total. The predicted molar refractivity (Wildman–Crippen MR) is 115 cm³/mol. The number of ether oxygens (including phenoxy) is 1. The lowest BCUT2D eigenvalue weighted by Gasteiger charge is -2.21. The van der Waals surface area contributed by atoms with Crippen molar-refractivity contribution in [2.24, 2.45) is 0 Å². The fraction of sp³-hybridized carbons (Fsp3) is 0.391. The Morgan fingerprint density at radius 3 is 2.73 bits per heavy atom. The molecule has 2 unspecified atom stereocenters. The Balaban J connectivity index is 1.77. The highest BCUT2D eigenvalue weighted by Gasteiger charge is 2.32. The number of nitrogens with zero attached hydrogens (tertiary/aromatic N) is 1. The number of aryl methyl sites for hydroxylation is 1. The highest BCUT2D eigenvalue weighted by molar-refractivity contribution is 7.15. The second-order valence-corrected chi connectivity index (χ2v) is 9.19. The number of benzene rings is 1. The summed E-state index contributed by atoms with van der Waals surface area (Å²) in [4.78, 5) is 26.5. The fourth-order valence-electron chi connectivity index (χ4n) is 4.35. The lowest BCUT2D eigenvalue weighted by Crippen LogP contribution is -2.19. The van der Waals surface area contributed by atoms with Crippen molar-refractivity contribution >= 4 is 28.0 Å². The second-order valence-electron chi connectivity index (χ2n) is 8.11. The molecule has 1 fully saturated rings. The molecule has 0 aliphatic heterocycles. The molecule has 2 aromatic heterocycles. The zero-order chi connectivity index (χ0) is 21.2. The van der Waals surface area contributed by atoms with E-state index in [1.807, 2.05) is 16.7 Å². The van der Waals surface area contributed by atoms with Gasteiger partial charge in [0, 0.05) is 27.6 Å². The van der Waals surface area contributed by atoms with E-state index in [4.69, 9.17) is 4.74 Å². The van der Waals surface area contributed by atoms with Crippen molar-refractivity contribution in [3.05, 3.63) is 50.6 Å². The Bertz CT molecular complexity index is 1240. The van der Waals surface area contributed by atoms with Gasteiger partial charge in [-0.1, -0.05) is 0 Å². The number of methoxy groups -OCH3 is 1. The highest BCUT2D eigenvalue weighted by Crippen LogP contribution is 2.47. The van der Waals surface area contributed by atoms with Gasteiger partial charge in [-0.05, 0) is 56.4 Å². The molecule has 2 heterocycles. The first kappa shape index (κ1) is 19.5. The number of hydrogen-bond acceptors (Lipinski definition) is 5. The van der Waals surface area contributed by atoms with Gasteiger partial charge in [0.2, 0.25) is 0 Å². The zero-order valence-corrected chi connectivity index (χ0v) is 17.6. The second kappa shape index (κ2) is 7.03. The highest BCUT2D eigenvalue weighted by atomic mass is 32.1. The number of Topliss-reactive ketones (excluding diaryl/α,β-unsaturated/α-hetero) is 1. The van der Waals surface area contributed by atoms with Gasteiger partial charge in [0.05, 0.1) is 23.6 Å². The number of aliphatic hydroxyl groups is 1. The molecule has 30 heavy (non-hydrogen) atoms. The third kappa shape index (κ3) is 2.91. The van der Waals surface area contributed by atoms with E-state index in [0.29, 0.717) is 34.4 Å². The Morgan fingerprint density at radius 2 is 2.07 bits per heavy atom. The van der Waals surface area contributed by atoms with E-state index in [1.54, 1.807) is 19.4 Å². The summed E-state index contributed by atoms with van der Waals surface area (Å²) < 4.78 is 21.8. The molecule has 0 saturated heterocycles. The normalized spacial score (nSPS) is 20.9. The lowest BCUT2D eigenvalue weighted by atomic mass is 9.94. The van der Waals surface area contributed by atoms with E-state index in [9.17, 15) is 19.1 Å². The number of aliphatic hydroxyl groups excluding tert-OH is 1. The Labute approximate surface area is 176 Å². The quantitative estimate of drug-likeness (QED) is 0.618. The molecule has 2 atom stereocenters. The van der Waals surface area contributed by atoms with Crippen molar-refractivity contribution in [2.45, 2.75) is 50.9 Å². The molecule has 1 N–H and O–H groups in total. The van der Waals surface area contributed by atoms with Crippen LogP contribution in [0.2, 0.25) is 0 Å². The predicted octanol–water partition coefficient (Wildman–Crippen LogP) is 4.59. The van der Waals surface area contributed by atoms with Crippen LogP contribution in [0.4, 0.5) is 4.39 Å². The molecule has 3 aromatic rings. The molecule has 5 rings (SSSR count).